The van der Waals surface area contributed by atoms with Crippen LogP contribution >= 0.6 is 15.9 Å². The Kier molecular flexibility index (Phi) is 3.45. The van der Waals surface area contributed by atoms with Crippen molar-refractivity contribution < 1.29 is 17.9 Å². The predicted molar refractivity (Wildman–Crippen MR) is 76.6 cm³/mol. The lowest BCUT2D eigenvalue weighted by Crippen LogP contribution is -2.35. The second-order valence-corrected chi connectivity index (χ2v) is 8.32. The summed E-state index contributed by atoms with van der Waals surface area (Å²) in [6, 6.07) is 5.24. The molecule has 5 nitrogen and oxygen atoms in total. The first kappa shape index (κ1) is 14.5. The highest BCUT2D eigenvalue weighted by molar-refractivity contribution is 9.10. The molecule has 0 aliphatic carbocycles. The monoisotopic (exact) mass is 361 g/mol. The molecule has 0 radical (unpaired) electrons. The van der Waals surface area contributed by atoms with E-state index in [9.17, 15) is 8.42 Å². The number of nitrogens with zero attached hydrogens (tertiary/aromatic N) is 1. The van der Waals surface area contributed by atoms with Crippen molar-refractivity contribution in [3.05, 3.63) is 28.2 Å². The van der Waals surface area contributed by atoms with Crippen LogP contribution in [0.4, 0.5) is 0 Å². The highest BCUT2D eigenvalue weighted by Crippen LogP contribution is 2.33. The average Bonchev–Trinajstić information content (AvgIpc) is 2.78. The number of fused-ring (bicyclic) bond motifs is 1. The standard InChI is InChI=1S/C13H16BrNO4S/c1-13(2)18-8-11(19-13)7-15-6-9-5-10(14)3-4-12(9)20(15,16)17/h3-5,11H,6-8H2,1-2H3. The summed E-state index contributed by atoms with van der Waals surface area (Å²) in [5.41, 5.74) is 0.817. The number of benzene rings is 1. The molecule has 20 heavy (non-hydrogen) atoms. The molecule has 1 unspecified atom stereocenters. The van der Waals surface area contributed by atoms with Gasteiger partial charge in [-0.15, -0.1) is 0 Å². The van der Waals surface area contributed by atoms with E-state index in [0.717, 1.165) is 10.0 Å². The number of ether oxygens (including phenoxy) is 2. The molecule has 7 heteroatoms. The molecule has 0 N–H and O–H groups in total. The van der Waals surface area contributed by atoms with E-state index in [1.807, 2.05) is 19.9 Å². The second kappa shape index (κ2) is 4.78. The van der Waals surface area contributed by atoms with E-state index in [1.54, 1.807) is 12.1 Å². The molecule has 1 aromatic carbocycles. The van der Waals surface area contributed by atoms with E-state index in [4.69, 9.17) is 9.47 Å². The van der Waals surface area contributed by atoms with Crippen molar-refractivity contribution in [2.45, 2.75) is 37.2 Å². The Hall–Kier alpha value is -0.470. The van der Waals surface area contributed by atoms with Crippen LogP contribution in [-0.2, 0) is 26.0 Å². The van der Waals surface area contributed by atoms with Crippen molar-refractivity contribution in [3.63, 3.8) is 0 Å². The predicted octanol–water partition coefficient (Wildman–Crippen LogP) is 2.10. The zero-order chi connectivity index (χ0) is 14.5. The van der Waals surface area contributed by atoms with Gasteiger partial charge in [0.1, 0.15) is 0 Å². The first-order valence-corrected chi connectivity index (χ1v) is 8.62. The number of hydrogen-bond donors (Lipinski definition) is 0. The van der Waals surface area contributed by atoms with Crippen LogP contribution in [0.1, 0.15) is 19.4 Å². The van der Waals surface area contributed by atoms with Crippen molar-refractivity contribution in [1.29, 1.82) is 0 Å². The van der Waals surface area contributed by atoms with Gasteiger partial charge in [0.05, 0.1) is 17.6 Å². The third-order valence-electron chi connectivity index (χ3n) is 3.46. The van der Waals surface area contributed by atoms with Gasteiger partial charge in [-0.2, -0.15) is 4.31 Å². The lowest BCUT2D eigenvalue weighted by molar-refractivity contribution is -0.139. The molecular formula is C13H16BrNO4S. The van der Waals surface area contributed by atoms with Gasteiger partial charge in [0, 0.05) is 17.6 Å². The van der Waals surface area contributed by atoms with Crippen molar-refractivity contribution in [3.8, 4) is 0 Å². The molecule has 0 aromatic heterocycles. The first-order valence-electron chi connectivity index (χ1n) is 6.38. The Labute approximate surface area is 127 Å². The minimum absolute atomic E-state index is 0.225. The van der Waals surface area contributed by atoms with E-state index >= 15 is 0 Å². The van der Waals surface area contributed by atoms with Crippen LogP contribution in [0.2, 0.25) is 0 Å². The first-order chi connectivity index (χ1) is 9.28. The molecule has 3 rings (SSSR count). The third-order valence-corrected chi connectivity index (χ3v) is 5.87. The van der Waals surface area contributed by atoms with Crippen LogP contribution < -0.4 is 0 Å². The molecule has 0 saturated carbocycles. The Morgan fingerprint density at radius 1 is 1.45 bits per heavy atom. The molecule has 1 fully saturated rings. The van der Waals surface area contributed by atoms with Crippen molar-refractivity contribution in [2.24, 2.45) is 0 Å². The highest BCUT2D eigenvalue weighted by atomic mass is 79.9. The minimum Gasteiger partial charge on any atom is -0.348 e. The average molecular weight is 362 g/mol. The topological polar surface area (TPSA) is 55.8 Å². The molecule has 1 aromatic rings. The van der Waals surface area contributed by atoms with Crippen LogP contribution in [0.25, 0.3) is 0 Å². The maximum atomic E-state index is 12.5. The van der Waals surface area contributed by atoms with Crippen LogP contribution in [-0.4, -0.2) is 37.8 Å². The van der Waals surface area contributed by atoms with Gasteiger partial charge in [-0.25, -0.2) is 8.42 Å². The van der Waals surface area contributed by atoms with E-state index in [1.165, 1.54) is 4.31 Å². The van der Waals surface area contributed by atoms with E-state index in [-0.39, 0.29) is 6.10 Å². The quantitative estimate of drug-likeness (QED) is 0.809. The third kappa shape index (κ3) is 2.53. The summed E-state index contributed by atoms with van der Waals surface area (Å²) in [7, 11) is -3.41. The van der Waals surface area contributed by atoms with Crippen LogP contribution in [0, 0.1) is 0 Å². The van der Waals surface area contributed by atoms with Gasteiger partial charge in [-0.05, 0) is 37.6 Å². The van der Waals surface area contributed by atoms with Gasteiger partial charge in [0.25, 0.3) is 0 Å². The Morgan fingerprint density at radius 2 is 2.20 bits per heavy atom. The lowest BCUT2D eigenvalue weighted by atomic mass is 10.2. The summed E-state index contributed by atoms with van der Waals surface area (Å²) < 4.78 is 38.4. The van der Waals surface area contributed by atoms with Gasteiger partial charge >= 0.3 is 0 Å². The fourth-order valence-corrected chi connectivity index (χ4v) is 4.63. The molecule has 2 aliphatic rings. The minimum atomic E-state index is -3.41. The fraction of sp³-hybridized carbons (Fsp3) is 0.538. The molecule has 110 valence electrons. The van der Waals surface area contributed by atoms with Gasteiger partial charge in [0.2, 0.25) is 10.0 Å². The number of hydrogen-bond acceptors (Lipinski definition) is 4. The Bertz CT molecular complexity index is 644. The lowest BCUT2D eigenvalue weighted by Gasteiger charge is -2.20. The summed E-state index contributed by atoms with van der Waals surface area (Å²) in [6.45, 7) is 4.78. The van der Waals surface area contributed by atoms with Gasteiger partial charge in [0.15, 0.2) is 5.79 Å². The van der Waals surface area contributed by atoms with Crippen LogP contribution in [0.5, 0.6) is 0 Å². The largest absolute Gasteiger partial charge is 0.348 e. The summed E-state index contributed by atoms with van der Waals surface area (Å²) in [5.74, 6) is -0.635. The van der Waals surface area contributed by atoms with Gasteiger partial charge < -0.3 is 9.47 Å². The maximum absolute atomic E-state index is 12.5. The maximum Gasteiger partial charge on any atom is 0.243 e. The number of sulfonamides is 1. The Morgan fingerprint density at radius 3 is 2.85 bits per heavy atom. The van der Waals surface area contributed by atoms with Gasteiger partial charge in [-0.3, -0.25) is 0 Å². The summed E-state index contributed by atoms with van der Waals surface area (Å²) >= 11 is 3.37. The van der Waals surface area contributed by atoms with Crippen LogP contribution in [0.3, 0.4) is 0 Å². The van der Waals surface area contributed by atoms with E-state index in [0.29, 0.717) is 24.6 Å². The van der Waals surface area contributed by atoms with Crippen molar-refractivity contribution in [1.82, 2.24) is 4.31 Å². The molecule has 0 spiro atoms. The molecule has 1 saturated heterocycles. The molecule has 0 bridgehead atoms. The van der Waals surface area contributed by atoms with Crippen LogP contribution in [0.15, 0.2) is 27.6 Å². The van der Waals surface area contributed by atoms with E-state index < -0.39 is 15.8 Å². The number of rotatable bonds is 2. The zero-order valence-electron chi connectivity index (χ0n) is 11.3. The van der Waals surface area contributed by atoms with E-state index in [2.05, 4.69) is 15.9 Å². The fourth-order valence-electron chi connectivity index (χ4n) is 2.58. The second-order valence-electron chi connectivity index (χ2n) is 5.50. The van der Waals surface area contributed by atoms with Crippen molar-refractivity contribution >= 4 is 26.0 Å². The molecule has 1 atom stereocenters. The molecule has 2 aliphatic heterocycles. The summed E-state index contributed by atoms with van der Waals surface area (Å²) in [5, 5.41) is 0. The summed E-state index contributed by atoms with van der Waals surface area (Å²) in [4.78, 5) is 0.388. The number of halogens is 1. The Balaban J connectivity index is 1.81. The van der Waals surface area contributed by atoms with Crippen molar-refractivity contribution in [2.75, 3.05) is 13.2 Å². The van der Waals surface area contributed by atoms with Gasteiger partial charge in [-0.1, -0.05) is 15.9 Å². The molecular weight excluding hydrogens is 346 g/mol. The molecule has 0 amide bonds. The SMILES string of the molecule is CC1(C)OCC(CN2Cc3cc(Br)ccc3S2(=O)=O)O1. The molecule has 2 heterocycles. The smallest absolute Gasteiger partial charge is 0.243 e. The zero-order valence-corrected chi connectivity index (χ0v) is 13.7. The summed E-state index contributed by atoms with van der Waals surface area (Å²) in [6.07, 6.45) is -0.225. The normalized spacial score (nSPS) is 27.6. The highest BCUT2D eigenvalue weighted by Gasteiger charge is 2.40.